The first kappa shape index (κ1) is 12.5. The van der Waals surface area contributed by atoms with Crippen molar-refractivity contribution in [3.05, 3.63) is 33.3 Å². The zero-order chi connectivity index (χ0) is 8.43. The number of carboxylic acids is 1. The molecule has 0 atom stereocenters. The van der Waals surface area contributed by atoms with Gasteiger partial charge in [0.1, 0.15) is 0 Å². The standard InChI is InChI=1S/C7H4BrClO2.Na/c8-4-1-2-6(9)5(3-4)7(10)11;/h1-3H,(H,10,11);/q;+1/p-1. The summed E-state index contributed by atoms with van der Waals surface area (Å²) in [5, 5.41) is 10.5. The van der Waals surface area contributed by atoms with Gasteiger partial charge in [0.25, 0.3) is 0 Å². The Hall–Kier alpha value is 0.460. The summed E-state index contributed by atoms with van der Waals surface area (Å²) in [6.45, 7) is 0. The van der Waals surface area contributed by atoms with Gasteiger partial charge in [-0.05, 0) is 18.2 Å². The fourth-order valence-electron chi connectivity index (χ4n) is 0.654. The Labute approximate surface area is 105 Å². The van der Waals surface area contributed by atoms with E-state index >= 15 is 0 Å². The number of hydrogen-bond acceptors (Lipinski definition) is 2. The molecule has 0 saturated heterocycles. The third-order valence-electron chi connectivity index (χ3n) is 1.15. The van der Waals surface area contributed by atoms with Gasteiger partial charge in [-0.25, -0.2) is 0 Å². The van der Waals surface area contributed by atoms with Crippen LogP contribution in [-0.4, -0.2) is 5.97 Å². The van der Waals surface area contributed by atoms with E-state index in [-0.39, 0.29) is 40.1 Å². The van der Waals surface area contributed by atoms with Gasteiger partial charge in [-0.1, -0.05) is 27.5 Å². The van der Waals surface area contributed by atoms with Gasteiger partial charge in [-0.3, -0.25) is 0 Å². The first-order valence-electron chi connectivity index (χ1n) is 2.77. The van der Waals surface area contributed by atoms with Gasteiger partial charge in [0.15, 0.2) is 0 Å². The zero-order valence-corrected chi connectivity index (χ0v) is 10.6. The molecule has 0 radical (unpaired) electrons. The van der Waals surface area contributed by atoms with Crippen LogP contribution >= 0.6 is 27.5 Å². The molecular formula is C7H3BrClNaO2. The van der Waals surface area contributed by atoms with Crippen molar-refractivity contribution in [3.8, 4) is 0 Å². The summed E-state index contributed by atoms with van der Waals surface area (Å²) in [6, 6.07) is 4.56. The van der Waals surface area contributed by atoms with E-state index in [1.54, 1.807) is 6.07 Å². The molecule has 0 aliphatic rings. The SMILES string of the molecule is O=C([O-])c1cc(Br)ccc1Cl.[Na+]. The molecule has 0 N–H and O–H groups in total. The molecule has 12 heavy (non-hydrogen) atoms. The van der Waals surface area contributed by atoms with Gasteiger partial charge in [-0.15, -0.1) is 0 Å². The van der Waals surface area contributed by atoms with Crippen molar-refractivity contribution in [2.24, 2.45) is 0 Å². The van der Waals surface area contributed by atoms with E-state index in [0.29, 0.717) is 4.47 Å². The Balaban J connectivity index is 0.00000121. The van der Waals surface area contributed by atoms with Gasteiger partial charge in [0.05, 0.1) is 5.97 Å². The Morgan fingerprint density at radius 1 is 1.50 bits per heavy atom. The predicted molar refractivity (Wildman–Crippen MR) is 43.5 cm³/mol. The van der Waals surface area contributed by atoms with Crippen LogP contribution in [0.1, 0.15) is 10.4 Å². The monoisotopic (exact) mass is 256 g/mol. The van der Waals surface area contributed by atoms with Crippen molar-refractivity contribution in [2.45, 2.75) is 0 Å². The summed E-state index contributed by atoms with van der Waals surface area (Å²) in [5.41, 5.74) is 0.000965. The van der Waals surface area contributed by atoms with Gasteiger partial charge in [-0.2, -0.15) is 0 Å². The summed E-state index contributed by atoms with van der Waals surface area (Å²) >= 11 is 8.66. The molecule has 0 aromatic heterocycles. The van der Waals surface area contributed by atoms with E-state index in [1.807, 2.05) is 0 Å². The molecule has 0 bridgehead atoms. The summed E-state index contributed by atoms with van der Waals surface area (Å²) in [5.74, 6) is -1.27. The second kappa shape index (κ2) is 5.25. The Morgan fingerprint density at radius 3 is 2.50 bits per heavy atom. The van der Waals surface area contributed by atoms with Crippen LogP contribution in [0.2, 0.25) is 5.02 Å². The molecule has 1 aromatic carbocycles. The van der Waals surface area contributed by atoms with E-state index in [2.05, 4.69) is 15.9 Å². The predicted octanol–water partition coefficient (Wildman–Crippen LogP) is -1.53. The minimum Gasteiger partial charge on any atom is -0.545 e. The van der Waals surface area contributed by atoms with Crippen molar-refractivity contribution in [3.63, 3.8) is 0 Å². The van der Waals surface area contributed by atoms with Gasteiger partial charge < -0.3 is 9.90 Å². The second-order valence-corrected chi connectivity index (χ2v) is 3.23. The Bertz CT molecular complexity index is 303. The van der Waals surface area contributed by atoms with E-state index in [1.165, 1.54) is 12.1 Å². The third kappa shape index (κ3) is 3.07. The minimum absolute atomic E-state index is 0. The summed E-state index contributed by atoms with van der Waals surface area (Å²) in [7, 11) is 0. The van der Waals surface area contributed by atoms with E-state index in [4.69, 9.17) is 11.6 Å². The molecule has 0 spiro atoms. The number of aromatic carboxylic acids is 1. The quantitative estimate of drug-likeness (QED) is 0.573. The van der Waals surface area contributed by atoms with Crippen molar-refractivity contribution < 1.29 is 39.5 Å². The third-order valence-corrected chi connectivity index (χ3v) is 1.97. The molecular weight excluding hydrogens is 254 g/mol. The average Bonchev–Trinajstić information content (AvgIpc) is 1.94. The number of carbonyl (C=O) groups excluding carboxylic acids is 1. The molecule has 58 valence electrons. The molecule has 2 nitrogen and oxygen atoms in total. The van der Waals surface area contributed by atoms with Gasteiger partial charge >= 0.3 is 29.6 Å². The maximum Gasteiger partial charge on any atom is 1.00 e. The molecule has 1 rings (SSSR count). The fraction of sp³-hybridized carbons (Fsp3) is 0. The van der Waals surface area contributed by atoms with Crippen LogP contribution in [0.3, 0.4) is 0 Å². The van der Waals surface area contributed by atoms with Crippen LogP contribution in [0.25, 0.3) is 0 Å². The van der Waals surface area contributed by atoms with E-state index in [9.17, 15) is 9.90 Å². The zero-order valence-electron chi connectivity index (χ0n) is 6.30. The topological polar surface area (TPSA) is 40.1 Å². The molecule has 0 unspecified atom stereocenters. The molecule has 0 fully saturated rings. The van der Waals surface area contributed by atoms with Crippen LogP contribution in [0.5, 0.6) is 0 Å². The average molecular weight is 257 g/mol. The number of carbonyl (C=O) groups is 1. The summed E-state index contributed by atoms with van der Waals surface area (Å²) in [6.07, 6.45) is 0. The first-order chi connectivity index (χ1) is 5.11. The molecule has 0 amide bonds. The number of benzene rings is 1. The fourth-order valence-corrected chi connectivity index (χ4v) is 1.21. The number of carboxylic acid groups (broad SMARTS) is 1. The van der Waals surface area contributed by atoms with Crippen molar-refractivity contribution >= 4 is 33.5 Å². The number of halogens is 2. The minimum atomic E-state index is -1.27. The molecule has 0 aliphatic carbocycles. The van der Waals surface area contributed by atoms with Crippen molar-refractivity contribution in [1.82, 2.24) is 0 Å². The molecule has 1 aromatic rings. The van der Waals surface area contributed by atoms with E-state index < -0.39 is 5.97 Å². The van der Waals surface area contributed by atoms with E-state index in [0.717, 1.165) is 0 Å². The van der Waals surface area contributed by atoms with Crippen molar-refractivity contribution in [1.29, 1.82) is 0 Å². The van der Waals surface area contributed by atoms with Gasteiger partial charge in [0, 0.05) is 15.1 Å². The first-order valence-corrected chi connectivity index (χ1v) is 3.95. The van der Waals surface area contributed by atoms with Crippen LogP contribution in [0.15, 0.2) is 22.7 Å². The Morgan fingerprint density at radius 2 is 2.08 bits per heavy atom. The number of rotatable bonds is 1. The summed E-state index contributed by atoms with van der Waals surface area (Å²) in [4.78, 5) is 10.4. The molecule has 0 saturated carbocycles. The molecule has 5 heteroatoms. The smallest absolute Gasteiger partial charge is 0.545 e. The largest absolute Gasteiger partial charge is 1.00 e. The summed E-state index contributed by atoms with van der Waals surface area (Å²) < 4.78 is 0.668. The Kier molecular flexibility index (Phi) is 5.45. The maximum absolute atomic E-state index is 10.4. The normalized spacial score (nSPS) is 8.83. The maximum atomic E-state index is 10.4. The van der Waals surface area contributed by atoms with Crippen molar-refractivity contribution in [2.75, 3.05) is 0 Å². The van der Waals surface area contributed by atoms with Crippen LogP contribution in [0.4, 0.5) is 0 Å². The molecule has 0 heterocycles. The molecule has 0 aliphatic heterocycles. The second-order valence-electron chi connectivity index (χ2n) is 1.91. The van der Waals surface area contributed by atoms with Crippen LogP contribution < -0.4 is 34.7 Å². The van der Waals surface area contributed by atoms with Crippen LogP contribution in [-0.2, 0) is 0 Å². The van der Waals surface area contributed by atoms with Gasteiger partial charge in [0.2, 0.25) is 0 Å². The van der Waals surface area contributed by atoms with Crippen LogP contribution in [0, 0.1) is 0 Å². The number of hydrogen-bond donors (Lipinski definition) is 0.